The maximum Gasteiger partial charge on any atom is 0.198 e. The zero-order valence-corrected chi connectivity index (χ0v) is 9.51. The first kappa shape index (κ1) is 10.6. The molecular weight excluding hydrogens is 202 g/mol. The van der Waals surface area contributed by atoms with Crippen LogP contribution >= 0.6 is 0 Å². The van der Waals surface area contributed by atoms with Crippen LogP contribution in [-0.4, -0.2) is 19.5 Å². The predicted octanol–water partition coefficient (Wildman–Crippen LogP) is 1.41. The fourth-order valence-electron chi connectivity index (χ4n) is 1.58. The topological polar surface area (TPSA) is 69.6 Å². The molecule has 0 saturated carbocycles. The summed E-state index contributed by atoms with van der Waals surface area (Å²) in [5.41, 5.74) is 6.72. The molecule has 2 aromatic rings. The van der Waals surface area contributed by atoms with Gasteiger partial charge in [-0.3, -0.25) is 0 Å². The van der Waals surface area contributed by atoms with E-state index >= 15 is 0 Å². The van der Waals surface area contributed by atoms with Gasteiger partial charge in [0, 0.05) is 31.2 Å². The molecule has 2 N–H and O–H groups in total. The Labute approximate surface area is 94.4 Å². The lowest BCUT2D eigenvalue weighted by Gasteiger charge is -2.04. The van der Waals surface area contributed by atoms with Crippen molar-refractivity contribution in [2.45, 2.75) is 19.8 Å². The standard InChI is InChI=1S/C11H15N5/c1-3-4-8-7-9(12)15-10(14-8)11-13-5-6-16(11)2/h5-7H,3-4H2,1-2H3,(H2,12,14,15). The zero-order valence-electron chi connectivity index (χ0n) is 9.51. The van der Waals surface area contributed by atoms with Crippen molar-refractivity contribution in [3.63, 3.8) is 0 Å². The van der Waals surface area contributed by atoms with E-state index in [1.54, 1.807) is 6.20 Å². The normalized spacial score (nSPS) is 10.6. The number of imidazole rings is 1. The second kappa shape index (κ2) is 4.30. The lowest BCUT2D eigenvalue weighted by Crippen LogP contribution is -2.03. The number of aromatic nitrogens is 4. The highest BCUT2D eigenvalue weighted by Gasteiger charge is 2.08. The van der Waals surface area contributed by atoms with Crippen molar-refractivity contribution in [2.75, 3.05) is 5.73 Å². The van der Waals surface area contributed by atoms with E-state index in [-0.39, 0.29) is 0 Å². The van der Waals surface area contributed by atoms with Crippen LogP contribution in [0.15, 0.2) is 18.5 Å². The summed E-state index contributed by atoms with van der Waals surface area (Å²) < 4.78 is 1.88. The summed E-state index contributed by atoms with van der Waals surface area (Å²) in [6, 6.07) is 1.82. The molecular formula is C11H15N5. The van der Waals surface area contributed by atoms with Gasteiger partial charge in [-0.2, -0.15) is 0 Å². The molecule has 5 nitrogen and oxygen atoms in total. The Morgan fingerprint density at radius 2 is 2.19 bits per heavy atom. The Morgan fingerprint density at radius 3 is 2.81 bits per heavy atom. The molecule has 0 bridgehead atoms. The second-order valence-corrected chi connectivity index (χ2v) is 3.72. The maximum atomic E-state index is 5.76. The lowest BCUT2D eigenvalue weighted by atomic mass is 10.2. The van der Waals surface area contributed by atoms with Crippen LogP contribution in [0.3, 0.4) is 0 Å². The minimum Gasteiger partial charge on any atom is -0.384 e. The van der Waals surface area contributed by atoms with Crippen LogP contribution in [-0.2, 0) is 13.5 Å². The Balaban J connectivity index is 2.45. The van der Waals surface area contributed by atoms with Gasteiger partial charge in [0.1, 0.15) is 5.82 Å². The van der Waals surface area contributed by atoms with Crippen LogP contribution in [0.1, 0.15) is 19.0 Å². The molecule has 0 spiro atoms. The third-order valence-electron chi connectivity index (χ3n) is 2.33. The van der Waals surface area contributed by atoms with Crippen molar-refractivity contribution < 1.29 is 0 Å². The van der Waals surface area contributed by atoms with E-state index < -0.39 is 0 Å². The number of nitrogen functional groups attached to an aromatic ring is 1. The number of anilines is 1. The van der Waals surface area contributed by atoms with E-state index in [1.165, 1.54) is 0 Å². The highest BCUT2D eigenvalue weighted by atomic mass is 15.1. The van der Waals surface area contributed by atoms with Crippen molar-refractivity contribution in [1.29, 1.82) is 0 Å². The highest BCUT2D eigenvalue weighted by Crippen LogP contribution is 2.14. The van der Waals surface area contributed by atoms with Gasteiger partial charge in [-0.05, 0) is 6.42 Å². The molecule has 0 aromatic carbocycles. The highest BCUT2D eigenvalue weighted by molar-refractivity contribution is 5.48. The van der Waals surface area contributed by atoms with Crippen molar-refractivity contribution in [3.8, 4) is 11.6 Å². The molecule has 84 valence electrons. The van der Waals surface area contributed by atoms with E-state index in [4.69, 9.17) is 5.73 Å². The monoisotopic (exact) mass is 217 g/mol. The number of nitrogens with zero attached hydrogens (tertiary/aromatic N) is 4. The summed E-state index contributed by atoms with van der Waals surface area (Å²) in [6.07, 6.45) is 5.53. The van der Waals surface area contributed by atoms with Crippen LogP contribution in [0.4, 0.5) is 5.82 Å². The van der Waals surface area contributed by atoms with Gasteiger partial charge in [-0.15, -0.1) is 0 Å². The van der Waals surface area contributed by atoms with Crippen molar-refractivity contribution in [3.05, 3.63) is 24.2 Å². The van der Waals surface area contributed by atoms with Gasteiger partial charge in [0.25, 0.3) is 0 Å². The van der Waals surface area contributed by atoms with E-state index in [1.807, 2.05) is 23.9 Å². The molecule has 0 radical (unpaired) electrons. The summed E-state index contributed by atoms with van der Waals surface area (Å²) in [5.74, 6) is 1.83. The molecule has 0 aliphatic heterocycles. The lowest BCUT2D eigenvalue weighted by molar-refractivity contribution is 0.860. The molecule has 2 rings (SSSR count). The van der Waals surface area contributed by atoms with Gasteiger partial charge in [-0.1, -0.05) is 13.3 Å². The van der Waals surface area contributed by atoms with Gasteiger partial charge in [0.2, 0.25) is 0 Å². The molecule has 0 atom stereocenters. The van der Waals surface area contributed by atoms with Crippen LogP contribution < -0.4 is 5.73 Å². The van der Waals surface area contributed by atoms with Gasteiger partial charge in [0.15, 0.2) is 11.6 Å². The molecule has 0 aliphatic carbocycles. The number of hydrogen-bond acceptors (Lipinski definition) is 4. The average Bonchev–Trinajstić information content (AvgIpc) is 2.64. The minimum absolute atomic E-state index is 0.497. The number of hydrogen-bond donors (Lipinski definition) is 1. The molecule has 5 heteroatoms. The molecule has 0 fully saturated rings. The second-order valence-electron chi connectivity index (χ2n) is 3.72. The molecule has 16 heavy (non-hydrogen) atoms. The first-order valence-electron chi connectivity index (χ1n) is 5.32. The van der Waals surface area contributed by atoms with Crippen molar-refractivity contribution in [2.24, 2.45) is 7.05 Å². The molecule has 0 aliphatic rings. The third-order valence-corrected chi connectivity index (χ3v) is 2.33. The summed E-state index contributed by atoms with van der Waals surface area (Å²) in [5, 5.41) is 0. The Bertz CT molecular complexity index is 489. The van der Waals surface area contributed by atoms with Crippen molar-refractivity contribution in [1.82, 2.24) is 19.5 Å². The molecule has 2 heterocycles. The summed E-state index contributed by atoms with van der Waals surface area (Å²) in [4.78, 5) is 12.9. The maximum absolute atomic E-state index is 5.76. The van der Waals surface area contributed by atoms with Gasteiger partial charge < -0.3 is 10.3 Å². The fourth-order valence-corrected chi connectivity index (χ4v) is 1.58. The van der Waals surface area contributed by atoms with E-state index in [9.17, 15) is 0 Å². The number of nitrogens with two attached hydrogens (primary N) is 1. The van der Waals surface area contributed by atoms with Crippen LogP contribution in [0.25, 0.3) is 11.6 Å². The number of rotatable bonds is 3. The Morgan fingerprint density at radius 1 is 1.38 bits per heavy atom. The van der Waals surface area contributed by atoms with Gasteiger partial charge >= 0.3 is 0 Å². The Hall–Kier alpha value is -1.91. The first-order chi connectivity index (χ1) is 7.70. The van der Waals surface area contributed by atoms with Crippen LogP contribution in [0.5, 0.6) is 0 Å². The third kappa shape index (κ3) is 2.03. The van der Waals surface area contributed by atoms with E-state index in [2.05, 4.69) is 21.9 Å². The summed E-state index contributed by atoms with van der Waals surface area (Å²) >= 11 is 0. The van der Waals surface area contributed by atoms with Crippen LogP contribution in [0.2, 0.25) is 0 Å². The van der Waals surface area contributed by atoms with Gasteiger partial charge in [0.05, 0.1) is 0 Å². The first-order valence-corrected chi connectivity index (χ1v) is 5.32. The summed E-state index contributed by atoms with van der Waals surface area (Å²) in [6.45, 7) is 2.11. The number of aryl methyl sites for hydroxylation is 2. The molecule has 0 unspecified atom stereocenters. The van der Waals surface area contributed by atoms with Crippen molar-refractivity contribution >= 4 is 5.82 Å². The fraction of sp³-hybridized carbons (Fsp3) is 0.364. The SMILES string of the molecule is CCCc1cc(N)nc(-c2nccn2C)n1. The van der Waals surface area contributed by atoms with E-state index in [0.717, 1.165) is 24.4 Å². The minimum atomic E-state index is 0.497. The van der Waals surface area contributed by atoms with Gasteiger partial charge in [-0.25, -0.2) is 15.0 Å². The summed E-state index contributed by atoms with van der Waals surface area (Å²) in [7, 11) is 1.91. The average molecular weight is 217 g/mol. The largest absolute Gasteiger partial charge is 0.384 e. The molecule has 0 amide bonds. The Kier molecular flexibility index (Phi) is 2.85. The smallest absolute Gasteiger partial charge is 0.198 e. The molecule has 2 aromatic heterocycles. The quantitative estimate of drug-likeness (QED) is 0.844. The zero-order chi connectivity index (χ0) is 11.5. The van der Waals surface area contributed by atoms with Crippen LogP contribution in [0, 0.1) is 0 Å². The molecule has 0 saturated heterocycles. The van der Waals surface area contributed by atoms with E-state index in [0.29, 0.717) is 11.6 Å². The predicted molar refractivity (Wildman–Crippen MR) is 62.6 cm³/mol.